The summed E-state index contributed by atoms with van der Waals surface area (Å²) < 4.78 is 0. The van der Waals surface area contributed by atoms with Crippen LogP contribution in [-0.4, -0.2) is 0 Å². The molecule has 0 aliphatic heterocycles. The van der Waals surface area contributed by atoms with Crippen molar-refractivity contribution in [3.05, 3.63) is 21.9 Å². The zero-order valence-electron chi connectivity index (χ0n) is 18.0. The highest BCUT2D eigenvalue weighted by Crippen LogP contribution is 2.21. The van der Waals surface area contributed by atoms with Gasteiger partial charge >= 0.3 is 0 Å². The van der Waals surface area contributed by atoms with E-state index in [0.29, 0.717) is 0 Å². The van der Waals surface area contributed by atoms with Crippen molar-refractivity contribution >= 4 is 11.3 Å². The highest BCUT2D eigenvalue weighted by Gasteiger charge is 2.04. The number of unbranched alkanes of at least 4 members (excludes halogenated alkanes) is 15. The molecule has 1 heterocycles. The summed E-state index contributed by atoms with van der Waals surface area (Å²) in [6.45, 7) is 4.60. The van der Waals surface area contributed by atoms with E-state index in [9.17, 15) is 0 Å². The summed E-state index contributed by atoms with van der Waals surface area (Å²) in [7, 11) is 0. The summed E-state index contributed by atoms with van der Waals surface area (Å²) in [5.41, 5.74) is 3.33. The minimum Gasteiger partial charge on any atom is -0.152 e. The SMILES string of the molecule is CCCCCCCCCCCCc1cscc1CCCCCCCCC. The van der Waals surface area contributed by atoms with Gasteiger partial charge in [-0.05, 0) is 47.6 Å². The van der Waals surface area contributed by atoms with Crippen molar-refractivity contribution in [3.63, 3.8) is 0 Å². The smallest absolute Gasteiger partial charge is 0.00584 e. The van der Waals surface area contributed by atoms with E-state index >= 15 is 0 Å². The summed E-state index contributed by atoms with van der Waals surface area (Å²) in [5, 5.41) is 4.84. The molecule has 0 nitrogen and oxygen atoms in total. The maximum absolute atomic E-state index is 2.42. The number of aryl methyl sites for hydroxylation is 2. The van der Waals surface area contributed by atoms with E-state index in [2.05, 4.69) is 24.6 Å². The van der Waals surface area contributed by atoms with Crippen LogP contribution in [0.2, 0.25) is 0 Å². The molecule has 26 heavy (non-hydrogen) atoms. The van der Waals surface area contributed by atoms with Gasteiger partial charge in [-0.1, -0.05) is 110 Å². The molecule has 0 aromatic carbocycles. The molecule has 1 aromatic heterocycles. The predicted molar refractivity (Wildman–Crippen MR) is 122 cm³/mol. The van der Waals surface area contributed by atoms with Gasteiger partial charge in [-0.3, -0.25) is 0 Å². The Morgan fingerprint density at radius 1 is 0.462 bits per heavy atom. The summed E-state index contributed by atoms with van der Waals surface area (Å²) in [5.74, 6) is 0. The van der Waals surface area contributed by atoms with Gasteiger partial charge in [0.05, 0.1) is 0 Å². The molecule has 0 atom stereocenters. The zero-order chi connectivity index (χ0) is 18.7. The molecule has 0 aliphatic carbocycles. The summed E-state index contributed by atoms with van der Waals surface area (Å²) >= 11 is 1.92. The fraction of sp³-hybridized carbons (Fsp3) is 0.840. The minimum absolute atomic E-state index is 1.32. The average molecular weight is 379 g/mol. The monoisotopic (exact) mass is 378 g/mol. The first-order valence-corrected chi connectivity index (χ1v) is 12.9. The standard InChI is InChI=1S/C25H46S/c1-3-5-7-9-11-12-13-15-17-19-21-25-23-26-22-24(25)20-18-16-14-10-8-6-4-2/h22-23H,3-21H2,1-2H3. The van der Waals surface area contributed by atoms with Gasteiger partial charge in [-0.2, -0.15) is 11.3 Å². The van der Waals surface area contributed by atoms with Crippen LogP contribution in [0.1, 0.15) is 134 Å². The lowest BCUT2D eigenvalue weighted by atomic mass is 10.00. The van der Waals surface area contributed by atoms with Crippen molar-refractivity contribution < 1.29 is 0 Å². The summed E-state index contributed by atoms with van der Waals surface area (Å²) in [6.07, 6.45) is 27.0. The first-order valence-electron chi connectivity index (χ1n) is 11.9. The molecular weight excluding hydrogens is 332 g/mol. The first kappa shape index (κ1) is 23.7. The third-order valence-electron chi connectivity index (χ3n) is 5.68. The van der Waals surface area contributed by atoms with Crippen LogP contribution in [0.25, 0.3) is 0 Å². The number of rotatable bonds is 19. The van der Waals surface area contributed by atoms with Gasteiger partial charge in [0.2, 0.25) is 0 Å². The molecule has 0 fully saturated rings. The van der Waals surface area contributed by atoms with Crippen molar-refractivity contribution in [2.75, 3.05) is 0 Å². The largest absolute Gasteiger partial charge is 0.152 e. The molecule has 1 rings (SSSR count). The minimum atomic E-state index is 1.32. The Hall–Kier alpha value is -0.300. The second kappa shape index (κ2) is 18.1. The third-order valence-corrected chi connectivity index (χ3v) is 6.52. The van der Waals surface area contributed by atoms with Gasteiger partial charge < -0.3 is 0 Å². The second-order valence-electron chi connectivity index (χ2n) is 8.23. The van der Waals surface area contributed by atoms with Crippen molar-refractivity contribution in [1.82, 2.24) is 0 Å². The summed E-state index contributed by atoms with van der Waals surface area (Å²) in [4.78, 5) is 0. The van der Waals surface area contributed by atoms with Gasteiger partial charge in [0.1, 0.15) is 0 Å². The molecule has 0 spiro atoms. The zero-order valence-corrected chi connectivity index (χ0v) is 18.8. The van der Waals surface area contributed by atoms with E-state index in [1.165, 1.54) is 122 Å². The van der Waals surface area contributed by atoms with Crippen LogP contribution in [0.3, 0.4) is 0 Å². The van der Waals surface area contributed by atoms with Gasteiger partial charge in [0.25, 0.3) is 0 Å². The lowest BCUT2D eigenvalue weighted by Crippen LogP contribution is -1.92. The quantitative estimate of drug-likeness (QED) is 0.210. The Bertz CT molecular complexity index is 393. The Morgan fingerprint density at radius 3 is 1.12 bits per heavy atom. The lowest BCUT2D eigenvalue weighted by Gasteiger charge is -2.05. The molecule has 0 saturated heterocycles. The Kier molecular flexibility index (Phi) is 16.5. The molecule has 0 N–H and O–H groups in total. The molecular formula is C25H46S. The van der Waals surface area contributed by atoms with Gasteiger partial charge in [-0.15, -0.1) is 0 Å². The van der Waals surface area contributed by atoms with E-state index in [1.54, 1.807) is 11.1 Å². The third kappa shape index (κ3) is 13.0. The molecule has 0 unspecified atom stereocenters. The molecule has 0 radical (unpaired) electrons. The average Bonchev–Trinajstić information content (AvgIpc) is 3.10. The number of hydrogen-bond donors (Lipinski definition) is 0. The highest BCUT2D eigenvalue weighted by atomic mass is 32.1. The second-order valence-corrected chi connectivity index (χ2v) is 8.97. The predicted octanol–water partition coefficient (Wildman–Crippen LogP) is 9.50. The van der Waals surface area contributed by atoms with Crippen LogP contribution in [0.4, 0.5) is 0 Å². The fourth-order valence-corrected chi connectivity index (χ4v) is 4.80. The summed E-state index contributed by atoms with van der Waals surface area (Å²) in [6, 6.07) is 0. The normalized spacial score (nSPS) is 11.3. The maximum atomic E-state index is 2.42. The molecule has 152 valence electrons. The van der Waals surface area contributed by atoms with Crippen molar-refractivity contribution in [3.8, 4) is 0 Å². The van der Waals surface area contributed by atoms with Crippen LogP contribution in [-0.2, 0) is 12.8 Å². The molecule has 0 aliphatic rings. The molecule has 1 heteroatoms. The molecule has 1 aromatic rings. The van der Waals surface area contributed by atoms with E-state index in [0.717, 1.165) is 0 Å². The van der Waals surface area contributed by atoms with E-state index < -0.39 is 0 Å². The molecule has 0 amide bonds. The van der Waals surface area contributed by atoms with Crippen molar-refractivity contribution in [1.29, 1.82) is 0 Å². The van der Waals surface area contributed by atoms with Crippen LogP contribution >= 0.6 is 11.3 Å². The van der Waals surface area contributed by atoms with Gasteiger partial charge in [0, 0.05) is 0 Å². The number of hydrogen-bond acceptors (Lipinski definition) is 1. The van der Waals surface area contributed by atoms with Crippen molar-refractivity contribution in [2.24, 2.45) is 0 Å². The van der Waals surface area contributed by atoms with E-state index in [4.69, 9.17) is 0 Å². The van der Waals surface area contributed by atoms with Crippen molar-refractivity contribution in [2.45, 2.75) is 136 Å². The van der Waals surface area contributed by atoms with Gasteiger partial charge in [-0.25, -0.2) is 0 Å². The molecule has 0 bridgehead atoms. The van der Waals surface area contributed by atoms with E-state index in [1.807, 2.05) is 11.3 Å². The lowest BCUT2D eigenvalue weighted by molar-refractivity contribution is 0.556. The fourth-order valence-electron chi connectivity index (χ4n) is 3.86. The Morgan fingerprint density at radius 2 is 0.769 bits per heavy atom. The van der Waals surface area contributed by atoms with Crippen LogP contribution in [0.5, 0.6) is 0 Å². The Balaban J connectivity index is 1.97. The van der Waals surface area contributed by atoms with Crippen LogP contribution in [0, 0.1) is 0 Å². The Labute approximate surface area is 169 Å². The van der Waals surface area contributed by atoms with Crippen LogP contribution < -0.4 is 0 Å². The van der Waals surface area contributed by atoms with Gasteiger partial charge in [0.15, 0.2) is 0 Å². The first-order chi connectivity index (χ1) is 12.9. The van der Waals surface area contributed by atoms with E-state index in [-0.39, 0.29) is 0 Å². The topological polar surface area (TPSA) is 0 Å². The van der Waals surface area contributed by atoms with Crippen LogP contribution in [0.15, 0.2) is 10.8 Å². The maximum Gasteiger partial charge on any atom is -0.00584 e. The number of thiophene rings is 1. The highest BCUT2D eigenvalue weighted by molar-refractivity contribution is 7.08. The molecule has 0 saturated carbocycles.